The first-order valence-corrected chi connectivity index (χ1v) is 6.09. The van der Waals surface area contributed by atoms with Gasteiger partial charge in [0.1, 0.15) is 5.69 Å². The minimum atomic E-state index is -0.112. The summed E-state index contributed by atoms with van der Waals surface area (Å²) in [5, 5.41) is 2.88. The average Bonchev–Trinajstić information content (AvgIpc) is 2.64. The van der Waals surface area contributed by atoms with Crippen molar-refractivity contribution >= 4 is 11.3 Å². The number of aromatic amines is 1. The zero-order valence-electron chi connectivity index (χ0n) is 9.28. The molecule has 2 aromatic rings. The van der Waals surface area contributed by atoms with Gasteiger partial charge in [-0.3, -0.25) is 4.79 Å². The van der Waals surface area contributed by atoms with Gasteiger partial charge in [0, 0.05) is 17.1 Å². The van der Waals surface area contributed by atoms with E-state index in [-0.39, 0.29) is 5.56 Å². The van der Waals surface area contributed by atoms with Crippen LogP contribution in [0, 0.1) is 6.92 Å². The van der Waals surface area contributed by atoms with E-state index in [1.54, 1.807) is 17.4 Å². The van der Waals surface area contributed by atoms with E-state index in [1.165, 1.54) is 0 Å². The maximum Gasteiger partial charge on any atom is 0.251 e. The van der Waals surface area contributed by atoms with E-state index in [4.69, 9.17) is 0 Å². The summed E-state index contributed by atoms with van der Waals surface area (Å²) in [7, 11) is 0. The molecule has 4 nitrogen and oxygen atoms in total. The molecule has 0 fully saturated rings. The van der Waals surface area contributed by atoms with Gasteiger partial charge >= 0.3 is 0 Å². The third-order valence-corrected chi connectivity index (χ3v) is 2.94. The molecule has 0 unspecified atom stereocenters. The number of thiazole rings is 1. The van der Waals surface area contributed by atoms with Crippen molar-refractivity contribution in [2.75, 3.05) is 0 Å². The topological polar surface area (TPSA) is 58.6 Å². The smallest absolute Gasteiger partial charge is 0.251 e. The highest BCUT2D eigenvalue weighted by molar-refractivity contribution is 7.09. The van der Waals surface area contributed by atoms with Crippen LogP contribution in [0.25, 0.3) is 11.5 Å². The monoisotopic (exact) mass is 235 g/mol. The van der Waals surface area contributed by atoms with Crippen LogP contribution in [0.2, 0.25) is 0 Å². The summed E-state index contributed by atoms with van der Waals surface area (Å²) in [6, 6.07) is 1.55. The number of rotatable bonds is 3. The van der Waals surface area contributed by atoms with Crippen molar-refractivity contribution in [2.45, 2.75) is 26.7 Å². The standard InChI is InChI=1S/C11H13N3OS/c1-3-4-8-5-10(15)14-11(13-8)9-6-16-7(2)12-9/h5-6H,3-4H2,1-2H3,(H,13,14,15). The Labute approximate surface area is 97.4 Å². The summed E-state index contributed by atoms with van der Waals surface area (Å²) in [4.78, 5) is 22.9. The van der Waals surface area contributed by atoms with E-state index >= 15 is 0 Å². The zero-order valence-corrected chi connectivity index (χ0v) is 10.1. The molecule has 2 rings (SSSR count). The molecule has 1 N–H and O–H groups in total. The molecular weight excluding hydrogens is 222 g/mol. The van der Waals surface area contributed by atoms with Crippen molar-refractivity contribution in [1.82, 2.24) is 15.0 Å². The first-order chi connectivity index (χ1) is 7.69. The number of hydrogen-bond acceptors (Lipinski definition) is 4. The fourth-order valence-corrected chi connectivity index (χ4v) is 2.08. The van der Waals surface area contributed by atoms with E-state index in [9.17, 15) is 4.79 Å². The molecule has 0 spiro atoms. The number of nitrogens with zero attached hydrogens (tertiary/aromatic N) is 2. The quantitative estimate of drug-likeness (QED) is 0.886. The highest BCUT2D eigenvalue weighted by Gasteiger charge is 2.06. The molecule has 0 radical (unpaired) electrons. The molecule has 0 saturated carbocycles. The Bertz CT molecular complexity index is 544. The molecule has 0 bridgehead atoms. The lowest BCUT2D eigenvalue weighted by Crippen LogP contribution is -2.10. The Kier molecular flexibility index (Phi) is 3.14. The van der Waals surface area contributed by atoms with Crippen molar-refractivity contribution in [3.63, 3.8) is 0 Å². The van der Waals surface area contributed by atoms with Gasteiger partial charge in [0.15, 0.2) is 5.82 Å². The molecule has 84 valence electrons. The lowest BCUT2D eigenvalue weighted by Gasteiger charge is -2.00. The predicted molar refractivity (Wildman–Crippen MR) is 64.7 cm³/mol. The predicted octanol–water partition coefficient (Wildman–Crippen LogP) is 2.15. The Morgan fingerprint density at radius 2 is 2.25 bits per heavy atom. The molecule has 2 aromatic heterocycles. The number of H-pyrrole nitrogens is 1. The number of aromatic nitrogens is 3. The highest BCUT2D eigenvalue weighted by Crippen LogP contribution is 2.17. The summed E-state index contributed by atoms with van der Waals surface area (Å²) in [6.45, 7) is 4.00. The molecule has 0 atom stereocenters. The first-order valence-electron chi connectivity index (χ1n) is 5.22. The molecule has 5 heteroatoms. The fraction of sp³-hybridized carbons (Fsp3) is 0.364. The average molecular weight is 235 g/mol. The molecule has 2 heterocycles. The lowest BCUT2D eigenvalue weighted by molar-refractivity contribution is 0.868. The van der Waals surface area contributed by atoms with Crippen LogP contribution in [0.15, 0.2) is 16.2 Å². The molecule has 0 amide bonds. The van der Waals surface area contributed by atoms with Crippen LogP contribution in [0.5, 0.6) is 0 Å². The van der Waals surface area contributed by atoms with Gasteiger partial charge in [-0.25, -0.2) is 9.97 Å². The summed E-state index contributed by atoms with van der Waals surface area (Å²) in [6.07, 6.45) is 1.80. The van der Waals surface area contributed by atoms with Crippen molar-refractivity contribution in [3.8, 4) is 11.5 Å². The maximum absolute atomic E-state index is 11.4. The second-order valence-electron chi connectivity index (χ2n) is 3.59. The van der Waals surface area contributed by atoms with E-state index in [0.717, 1.165) is 29.2 Å². The molecule has 0 aromatic carbocycles. The number of aryl methyl sites for hydroxylation is 2. The summed E-state index contributed by atoms with van der Waals surface area (Å²) in [5.41, 5.74) is 1.46. The Morgan fingerprint density at radius 3 is 2.88 bits per heavy atom. The summed E-state index contributed by atoms with van der Waals surface area (Å²) < 4.78 is 0. The van der Waals surface area contributed by atoms with Crippen molar-refractivity contribution in [3.05, 3.63) is 32.5 Å². The van der Waals surface area contributed by atoms with Crippen molar-refractivity contribution < 1.29 is 0 Å². The Hall–Kier alpha value is -1.49. The Morgan fingerprint density at radius 1 is 1.44 bits per heavy atom. The molecule has 0 aliphatic rings. The minimum absolute atomic E-state index is 0.112. The molecule has 16 heavy (non-hydrogen) atoms. The summed E-state index contributed by atoms with van der Waals surface area (Å²) in [5.74, 6) is 0.570. The highest BCUT2D eigenvalue weighted by atomic mass is 32.1. The summed E-state index contributed by atoms with van der Waals surface area (Å²) >= 11 is 1.55. The van der Waals surface area contributed by atoms with Gasteiger partial charge in [-0.15, -0.1) is 11.3 Å². The SMILES string of the molecule is CCCc1cc(=O)[nH]c(-c2csc(C)n2)n1. The normalized spacial score (nSPS) is 10.6. The minimum Gasteiger partial charge on any atom is -0.305 e. The van der Waals surface area contributed by atoms with Gasteiger partial charge in [-0.2, -0.15) is 0 Å². The third-order valence-electron chi connectivity index (χ3n) is 2.16. The van der Waals surface area contributed by atoms with E-state index < -0.39 is 0 Å². The van der Waals surface area contributed by atoms with Gasteiger partial charge in [-0.05, 0) is 13.3 Å². The molecule has 0 aliphatic heterocycles. The van der Waals surface area contributed by atoms with Crippen molar-refractivity contribution in [2.24, 2.45) is 0 Å². The van der Waals surface area contributed by atoms with Gasteiger partial charge in [0.05, 0.1) is 5.01 Å². The number of hydrogen-bond donors (Lipinski definition) is 1. The maximum atomic E-state index is 11.4. The molecule has 0 saturated heterocycles. The zero-order chi connectivity index (χ0) is 11.5. The van der Waals surface area contributed by atoms with Crippen LogP contribution in [0.4, 0.5) is 0 Å². The van der Waals surface area contributed by atoms with Crippen LogP contribution in [0.3, 0.4) is 0 Å². The van der Waals surface area contributed by atoms with Crippen LogP contribution in [-0.2, 0) is 6.42 Å². The van der Waals surface area contributed by atoms with Crippen LogP contribution in [-0.4, -0.2) is 15.0 Å². The van der Waals surface area contributed by atoms with Crippen LogP contribution >= 0.6 is 11.3 Å². The van der Waals surface area contributed by atoms with E-state index in [1.807, 2.05) is 12.3 Å². The van der Waals surface area contributed by atoms with Crippen LogP contribution in [0.1, 0.15) is 24.0 Å². The second kappa shape index (κ2) is 4.57. The van der Waals surface area contributed by atoms with Crippen LogP contribution < -0.4 is 5.56 Å². The van der Waals surface area contributed by atoms with Gasteiger partial charge in [0.2, 0.25) is 0 Å². The number of nitrogens with one attached hydrogen (secondary N) is 1. The second-order valence-corrected chi connectivity index (χ2v) is 4.65. The van der Waals surface area contributed by atoms with E-state index in [2.05, 4.69) is 21.9 Å². The molecule has 0 aliphatic carbocycles. The van der Waals surface area contributed by atoms with E-state index in [0.29, 0.717) is 5.82 Å². The Balaban J connectivity index is 2.44. The lowest BCUT2D eigenvalue weighted by atomic mass is 10.2. The van der Waals surface area contributed by atoms with Gasteiger partial charge in [-0.1, -0.05) is 13.3 Å². The van der Waals surface area contributed by atoms with Gasteiger partial charge < -0.3 is 4.98 Å². The van der Waals surface area contributed by atoms with Crippen molar-refractivity contribution in [1.29, 1.82) is 0 Å². The van der Waals surface area contributed by atoms with Gasteiger partial charge in [0.25, 0.3) is 5.56 Å². The fourth-order valence-electron chi connectivity index (χ4n) is 1.49. The molecular formula is C11H13N3OS. The first kappa shape index (κ1) is 11.0. The third kappa shape index (κ3) is 2.36. The largest absolute Gasteiger partial charge is 0.305 e.